The smallest absolute Gasteiger partial charge is 0.0926 e. The molecule has 1 aliphatic heterocycles. The lowest BCUT2D eigenvalue weighted by Crippen LogP contribution is -2.21. The molecule has 1 aromatic rings. The molecule has 1 saturated heterocycles. The van der Waals surface area contributed by atoms with Gasteiger partial charge in [0.15, 0.2) is 0 Å². The fourth-order valence-corrected chi connectivity index (χ4v) is 2.50. The van der Waals surface area contributed by atoms with Crippen LogP contribution in [0.1, 0.15) is 24.0 Å². The molecule has 0 spiro atoms. The minimum absolute atomic E-state index is 0.126. The van der Waals surface area contributed by atoms with Gasteiger partial charge in [0, 0.05) is 25.0 Å². The number of aliphatic hydroxyl groups is 1. The summed E-state index contributed by atoms with van der Waals surface area (Å²) >= 11 is 1.73. The van der Waals surface area contributed by atoms with Crippen molar-refractivity contribution < 1.29 is 5.11 Å². The topological polar surface area (TPSA) is 36.4 Å². The van der Waals surface area contributed by atoms with Crippen LogP contribution in [0.25, 0.3) is 0 Å². The predicted molar refractivity (Wildman–Crippen MR) is 57.4 cm³/mol. The second-order valence-corrected chi connectivity index (χ2v) is 4.71. The fourth-order valence-electron chi connectivity index (χ4n) is 1.77. The van der Waals surface area contributed by atoms with E-state index in [1.807, 2.05) is 0 Å². The molecular formula is C10H16N2OS. The first-order valence-corrected chi connectivity index (χ1v) is 5.99. The molecular weight excluding hydrogens is 196 g/mol. The zero-order valence-electron chi connectivity index (χ0n) is 8.44. The van der Waals surface area contributed by atoms with Gasteiger partial charge in [0.1, 0.15) is 0 Å². The summed E-state index contributed by atoms with van der Waals surface area (Å²) in [6.07, 6.45) is 1.80. The van der Waals surface area contributed by atoms with E-state index in [4.69, 9.17) is 0 Å². The minimum atomic E-state index is -0.126. The number of thiazole rings is 1. The van der Waals surface area contributed by atoms with Gasteiger partial charge in [-0.05, 0) is 12.8 Å². The summed E-state index contributed by atoms with van der Waals surface area (Å²) in [6, 6.07) is 0. The summed E-state index contributed by atoms with van der Waals surface area (Å²) in [4.78, 5) is 6.78. The molecule has 2 heterocycles. The minimum Gasteiger partial charge on any atom is -0.392 e. The molecule has 1 atom stereocenters. The number of β-amino-alcohol motifs (C(OH)–C–C–N with tert-alkyl or cyclic N) is 1. The van der Waals surface area contributed by atoms with Crippen molar-refractivity contribution in [2.24, 2.45) is 0 Å². The Hall–Kier alpha value is -0.450. The summed E-state index contributed by atoms with van der Waals surface area (Å²) in [5, 5.41) is 12.7. The first kappa shape index (κ1) is 10.1. The van der Waals surface area contributed by atoms with Crippen molar-refractivity contribution in [1.82, 2.24) is 9.88 Å². The number of hydrogen-bond donors (Lipinski definition) is 1. The van der Waals surface area contributed by atoms with E-state index in [2.05, 4.69) is 22.2 Å². The largest absolute Gasteiger partial charge is 0.392 e. The van der Waals surface area contributed by atoms with E-state index >= 15 is 0 Å². The molecule has 78 valence electrons. The van der Waals surface area contributed by atoms with Gasteiger partial charge in [-0.3, -0.25) is 4.90 Å². The molecule has 1 N–H and O–H groups in total. The molecule has 0 aromatic carbocycles. The lowest BCUT2D eigenvalue weighted by Gasteiger charge is -2.12. The molecule has 0 radical (unpaired) electrons. The molecule has 1 fully saturated rings. The first-order valence-electron chi connectivity index (χ1n) is 5.11. The van der Waals surface area contributed by atoms with Crippen LogP contribution < -0.4 is 0 Å². The zero-order valence-corrected chi connectivity index (χ0v) is 9.26. The lowest BCUT2D eigenvalue weighted by molar-refractivity contribution is 0.174. The van der Waals surface area contributed by atoms with Gasteiger partial charge in [0.2, 0.25) is 0 Å². The Morgan fingerprint density at radius 2 is 2.57 bits per heavy atom. The van der Waals surface area contributed by atoms with Gasteiger partial charge in [-0.25, -0.2) is 4.98 Å². The van der Waals surface area contributed by atoms with E-state index in [1.54, 1.807) is 11.3 Å². The number of aliphatic hydroxyl groups excluding tert-OH is 1. The third-order valence-corrected chi connectivity index (χ3v) is 3.58. The van der Waals surface area contributed by atoms with Gasteiger partial charge < -0.3 is 5.11 Å². The highest BCUT2D eigenvalue weighted by molar-refractivity contribution is 7.09. The fraction of sp³-hybridized carbons (Fsp3) is 0.700. The third-order valence-electron chi connectivity index (χ3n) is 2.53. The highest BCUT2D eigenvalue weighted by atomic mass is 32.1. The van der Waals surface area contributed by atoms with Crippen LogP contribution in [0.2, 0.25) is 0 Å². The average Bonchev–Trinajstić information content (AvgIpc) is 2.76. The van der Waals surface area contributed by atoms with Gasteiger partial charge in [0.25, 0.3) is 0 Å². The van der Waals surface area contributed by atoms with Crippen molar-refractivity contribution in [3.05, 3.63) is 16.1 Å². The Balaban J connectivity index is 1.90. The number of likely N-dealkylation sites (tertiary alicyclic amines) is 1. The molecule has 0 bridgehead atoms. The summed E-state index contributed by atoms with van der Waals surface area (Å²) in [5.41, 5.74) is 1.15. The van der Waals surface area contributed by atoms with Crippen LogP contribution in [-0.4, -0.2) is 34.2 Å². The van der Waals surface area contributed by atoms with Crippen LogP contribution in [0.3, 0.4) is 0 Å². The number of rotatable bonds is 3. The van der Waals surface area contributed by atoms with E-state index in [9.17, 15) is 5.11 Å². The van der Waals surface area contributed by atoms with Gasteiger partial charge in [-0.2, -0.15) is 0 Å². The number of aromatic nitrogens is 1. The lowest BCUT2D eigenvalue weighted by atomic mass is 10.3. The van der Waals surface area contributed by atoms with Crippen LogP contribution in [0.4, 0.5) is 0 Å². The Labute approximate surface area is 88.4 Å². The van der Waals surface area contributed by atoms with Crippen molar-refractivity contribution in [1.29, 1.82) is 0 Å². The number of aryl methyl sites for hydroxylation is 1. The molecule has 14 heavy (non-hydrogen) atoms. The summed E-state index contributed by atoms with van der Waals surface area (Å²) in [7, 11) is 0. The summed E-state index contributed by atoms with van der Waals surface area (Å²) in [6.45, 7) is 4.83. The van der Waals surface area contributed by atoms with E-state index in [0.717, 1.165) is 38.2 Å². The Morgan fingerprint density at radius 1 is 1.71 bits per heavy atom. The van der Waals surface area contributed by atoms with Crippen LogP contribution in [-0.2, 0) is 13.0 Å². The summed E-state index contributed by atoms with van der Waals surface area (Å²) < 4.78 is 0. The maximum Gasteiger partial charge on any atom is 0.0926 e. The van der Waals surface area contributed by atoms with Crippen molar-refractivity contribution in [2.75, 3.05) is 13.1 Å². The molecule has 1 aromatic heterocycles. The highest BCUT2D eigenvalue weighted by Crippen LogP contribution is 2.15. The van der Waals surface area contributed by atoms with Crippen molar-refractivity contribution in [3.63, 3.8) is 0 Å². The molecule has 0 saturated carbocycles. The van der Waals surface area contributed by atoms with Gasteiger partial charge >= 0.3 is 0 Å². The van der Waals surface area contributed by atoms with Crippen LogP contribution in [0.15, 0.2) is 5.38 Å². The third kappa shape index (κ3) is 2.32. The monoisotopic (exact) mass is 212 g/mol. The Kier molecular flexibility index (Phi) is 3.15. The van der Waals surface area contributed by atoms with Crippen LogP contribution in [0, 0.1) is 0 Å². The molecule has 2 rings (SSSR count). The van der Waals surface area contributed by atoms with Gasteiger partial charge in [-0.1, -0.05) is 6.92 Å². The molecule has 1 aliphatic rings. The Morgan fingerprint density at radius 3 is 3.14 bits per heavy atom. The maximum atomic E-state index is 9.37. The van der Waals surface area contributed by atoms with Crippen molar-refractivity contribution in [3.8, 4) is 0 Å². The SMILES string of the molecule is CCc1nc(CN2CC[C@H](O)C2)cs1. The first-order chi connectivity index (χ1) is 6.78. The standard InChI is InChI=1S/C10H16N2OS/c1-2-10-11-8(7-14-10)5-12-4-3-9(13)6-12/h7,9,13H,2-6H2,1H3/t9-/m0/s1. The normalized spacial score (nSPS) is 23.1. The van der Waals surface area contributed by atoms with E-state index in [1.165, 1.54) is 5.01 Å². The molecule has 0 unspecified atom stereocenters. The molecule has 0 aliphatic carbocycles. The van der Waals surface area contributed by atoms with Crippen LogP contribution in [0.5, 0.6) is 0 Å². The predicted octanol–water partition coefficient (Wildman–Crippen LogP) is 1.27. The van der Waals surface area contributed by atoms with Crippen molar-refractivity contribution >= 4 is 11.3 Å². The molecule has 3 nitrogen and oxygen atoms in total. The zero-order chi connectivity index (χ0) is 9.97. The van der Waals surface area contributed by atoms with Crippen LogP contribution >= 0.6 is 11.3 Å². The number of nitrogens with zero attached hydrogens (tertiary/aromatic N) is 2. The molecule has 0 amide bonds. The number of hydrogen-bond acceptors (Lipinski definition) is 4. The van der Waals surface area contributed by atoms with Gasteiger partial charge in [0.05, 0.1) is 16.8 Å². The maximum absolute atomic E-state index is 9.37. The quantitative estimate of drug-likeness (QED) is 0.819. The highest BCUT2D eigenvalue weighted by Gasteiger charge is 2.20. The second kappa shape index (κ2) is 4.38. The van der Waals surface area contributed by atoms with E-state index < -0.39 is 0 Å². The average molecular weight is 212 g/mol. The van der Waals surface area contributed by atoms with E-state index in [0.29, 0.717) is 0 Å². The van der Waals surface area contributed by atoms with E-state index in [-0.39, 0.29) is 6.10 Å². The van der Waals surface area contributed by atoms with Gasteiger partial charge in [-0.15, -0.1) is 11.3 Å². The Bertz CT molecular complexity index is 300. The second-order valence-electron chi connectivity index (χ2n) is 3.76. The molecule has 4 heteroatoms. The van der Waals surface area contributed by atoms with Crippen molar-refractivity contribution in [2.45, 2.75) is 32.4 Å². The summed E-state index contributed by atoms with van der Waals surface area (Å²) in [5.74, 6) is 0.